The minimum atomic E-state index is -2.05. The summed E-state index contributed by atoms with van der Waals surface area (Å²) >= 11 is 0. The molecule has 0 saturated heterocycles. The Hall–Kier alpha value is -2.19. The predicted molar refractivity (Wildman–Crippen MR) is 198 cm³/mol. The fraction of sp³-hybridized carbons (Fsp3) is 0.925. The maximum Gasteiger partial charge on any atom is 0.321 e. The lowest BCUT2D eigenvalue weighted by Gasteiger charge is -2.24. The molecule has 0 aromatic rings. The third-order valence-corrected chi connectivity index (χ3v) is 9.35. The van der Waals surface area contributed by atoms with E-state index < -0.39 is 48.2 Å². The molecule has 49 heavy (non-hydrogen) atoms. The average molecular weight is 698 g/mol. The van der Waals surface area contributed by atoms with Gasteiger partial charge in [-0.2, -0.15) is 0 Å². The normalized spacial score (nSPS) is 11.4. The van der Waals surface area contributed by atoms with Crippen molar-refractivity contribution in [1.82, 2.24) is 0 Å². The van der Waals surface area contributed by atoms with Crippen molar-refractivity contribution < 1.29 is 33.5 Å². The number of esters is 3. The zero-order valence-electron chi connectivity index (χ0n) is 32.0. The lowest BCUT2D eigenvalue weighted by Crippen LogP contribution is -2.52. The van der Waals surface area contributed by atoms with Crippen LogP contribution >= 0.6 is 0 Å². The fourth-order valence-electron chi connectivity index (χ4n) is 5.88. The first kappa shape index (κ1) is 46.8. The molecule has 0 aromatic heterocycles. The van der Waals surface area contributed by atoms with Crippen LogP contribution in [0, 0.1) is 10.1 Å². The third kappa shape index (κ3) is 29.3. The standard InChI is InChI=1S/C40H75NO8/c1-4-7-10-13-16-19-22-25-28-31-37(42)47-34-40(41(45)46,35-48-38(43)32-29-26-23-20-17-14-11-8-5-2)36-49-39(44)33-30-27-24-21-18-15-12-9-6-3/h4-36H2,1-3H3. The lowest BCUT2D eigenvalue weighted by molar-refractivity contribution is -0.579. The molecule has 9 heteroatoms. The second-order valence-corrected chi connectivity index (χ2v) is 14.2. The summed E-state index contributed by atoms with van der Waals surface area (Å²) in [4.78, 5) is 49.4. The number of nitro groups is 1. The van der Waals surface area contributed by atoms with Crippen molar-refractivity contribution in [3.8, 4) is 0 Å². The number of hydrogen-bond donors (Lipinski definition) is 0. The van der Waals surface area contributed by atoms with Gasteiger partial charge in [0.2, 0.25) is 0 Å². The SMILES string of the molecule is CCCCCCCCCCCC(=O)OCC(COC(=O)CCCCCCCCCCC)(COC(=O)CCCCCCCCCCC)[N+](=O)[O-]. The minimum Gasteiger partial charge on any atom is -0.458 e. The molecule has 0 atom stereocenters. The molecule has 0 unspecified atom stereocenters. The smallest absolute Gasteiger partial charge is 0.321 e. The second kappa shape index (κ2) is 34.3. The van der Waals surface area contributed by atoms with Crippen LogP contribution in [-0.2, 0) is 28.6 Å². The number of rotatable bonds is 37. The van der Waals surface area contributed by atoms with E-state index in [0.717, 1.165) is 57.8 Å². The van der Waals surface area contributed by atoms with Gasteiger partial charge in [-0.05, 0) is 19.3 Å². The van der Waals surface area contributed by atoms with E-state index in [4.69, 9.17) is 14.2 Å². The Kier molecular flexibility index (Phi) is 32.7. The number of hydrogen-bond acceptors (Lipinski definition) is 8. The molecule has 0 fully saturated rings. The molecule has 0 saturated carbocycles. The highest BCUT2D eigenvalue weighted by molar-refractivity contribution is 5.70. The van der Waals surface area contributed by atoms with Gasteiger partial charge in [0, 0.05) is 24.2 Å². The van der Waals surface area contributed by atoms with Crippen molar-refractivity contribution in [3.05, 3.63) is 10.1 Å². The Balaban J connectivity index is 4.81. The summed E-state index contributed by atoms with van der Waals surface area (Å²) in [6.07, 6.45) is 30.3. The van der Waals surface area contributed by atoms with Crippen LogP contribution in [0.3, 0.4) is 0 Å². The molecule has 0 radical (unpaired) electrons. The molecule has 0 amide bonds. The van der Waals surface area contributed by atoms with Crippen LogP contribution in [-0.4, -0.2) is 48.2 Å². The largest absolute Gasteiger partial charge is 0.458 e. The molecule has 0 aliphatic carbocycles. The zero-order valence-corrected chi connectivity index (χ0v) is 32.0. The van der Waals surface area contributed by atoms with Crippen LogP contribution < -0.4 is 0 Å². The number of carbonyl (C=O) groups is 3. The van der Waals surface area contributed by atoms with E-state index in [2.05, 4.69) is 20.8 Å². The van der Waals surface area contributed by atoms with E-state index in [1.807, 2.05) is 0 Å². The van der Waals surface area contributed by atoms with Crippen LogP contribution in [0.1, 0.15) is 213 Å². The molecule has 0 heterocycles. The molecule has 0 rings (SSSR count). The van der Waals surface area contributed by atoms with Crippen LogP contribution in [0.4, 0.5) is 0 Å². The van der Waals surface area contributed by atoms with Gasteiger partial charge in [-0.25, -0.2) is 0 Å². The molecule has 288 valence electrons. The van der Waals surface area contributed by atoms with Crippen LogP contribution in [0.5, 0.6) is 0 Å². The first-order chi connectivity index (χ1) is 23.8. The molecule has 0 bridgehead atoms. The molecular weight excluding hydrogens is 622 g/mol. The van der Waals surface area contributed by atoms with Crippen LogP contribution in [0.2, 0.25) is 0 Å². The van der Waals surface area contributed by atoms with Crippen molar-refractivity contribution >= 4 is 17.9 Å². The third-order valence-electron chi connectivity index (χ3n) is 9.35. The first-order valence-electron chi connectivity index (χ1n) is 20.4. The van der Waals surface area contributed by atoms with Crippen molar-refractivity contribution in [2.45, 2.75) is 219 Å². The molecule has 0 aromatic carbocycles. The number of nitrogens with zero attached hydrogens (tertiary/aromatic N) is 1. The van der Waals surface area contributed by atoms with Crippen molar-refractivity contribution in [2.75, 3.05) is 19.8 Å². The van der Waals surface area contributed by atoms with Gasteiger partial charge in [0.25, 0.3) is 0 Å². The van der Waals surface area contributed by atoms with E-state index >= 15 is 0 Å². The van der Waals surface area contributed by atoms with E-state index in [1.165, 1.54) is 96.3 Å². The van der Waals surface area contributed by atoms with Gasteiger partial charge >= 0.3 is 23.4 Å². The van der Waals surface area contributed by atoms with E-state index in [1.54, 1.807) is 0 Å². The predicted octanol–water partition coefficient (Wildman–Crippen LogP) is 11.4. The van der Waals surface area contributed by atoms with Gasteiger partial charge in [0.15, 0.2) is 19.8 Å². The van der Waals surface area contributed by atoms with E-state index in [-0.39, 0.29) is 19.3 Å². The van der Waals surface area contributed by atoms with Gasteiger partial charge in [0.05, 0.1) is 0 Å². The molecule has 9 nitrogen and oxygen atoms in total. The van der Waals surface area contributed by atoms with Gasteiger partial charge in [0.1, 0.15) is 0 Å². The molecule has 0 N–H and O–H groups in total. The van der Waals surface area contributed by atoms with Gasteiger partial charge in [-0.15, -0.1) is 0 Å². The number of carbonyl (C=O) groups excluding carboxylic acids is 3. The Bertz CT molecular complexity index is 725. The van der Waals surface area contributed by atoms with Gasteiger partial charge < -0.3 is 14.2 Å². The second-order valence-electron chi connectivity index (χ2n) is 14.2. The van der Waals surface area contributed by atoms with E-state index in [9.17, 15) is 24.5 Å². The molecule has 0 aliphatic rings. The summed E-state index contributed by atoms with van der Waals surface area (Å²) in [5, 5.41) is 12.4. The molecule has 0 aliphatic heterocycles. The molecular formula is C40H75NO8. The lowest BCUT2D eigenvalue weighted by atomic mass is 10.0. The number of unbranched alkanes of at least 4 members (excludes halogenated alkanes) is 24. The summed E-state index contributed by atoms with van der Waals surface area (Å²) in [6.45, 7) is 4.75. The topological polar surface area (TPSA) is 122 Å². The van der Waals surface area contributed by atoms with Crippen LogP contribution in [0.25, 0.3) is 0 Å². The Morgan fingerprint density at radius 3 is 0.816 bits per heavy atom. The van der Waals surface area contributed by atoms with Crippen molar-refractivity contribution in [1.29, 1.82) is 0 Å². The maximum absolute atomic E-state index is 12.5. The van der Waals surface area contributed by atoms with Gasteiger partial charge in [-0.3, -0.25) is 24.5 Å². The fourth-order valence-corrected chi connectivity index (χ4v) is 5.88. The summed E-state index contributed by atoms with van der Waals surface area (Å²) in [5.41, 5.74) is -2.05. The Morgan fingerprint density at radius 2 is 0.612 bits per heavy atom. The summed E-state index contributed by atoms with van der Waals surface area (Å²) in [7, 11) is 0. The van der Waals surface area contributed by atoms with Crippen LogP contribution in [0.15, 0.2) is 0 Å². The van der Waals surface area contributed by atoms with Gasteiger partial charge in [-0.1, -0.05) is 175 Å². The monoisotopic (exact) mass is 698 g/mol. The Morgan fingerprint density at radius 1 is 0.408 bits per heavy atom. The summed E-state index contributed by atoms with van der Waals surface area (Å²) in [5.74, 6) is -1.59. The van der Waals surface area contributed by atoms with Crippen molar-refractivity contribution in [3.63, 3.8) is 0 Å². The van der Waals surface area contributed by atoms with Crippen molar-refractivity contribution in [2.24, 2.45) is 0 Å². The highest BCUT2D eigenvalue weighted by Gasteiger charge is 2.48. The maximum atomic E-state index is 12.5. The highest BCUT2D eigenvalue weighted by Crippen LogP contribution is 2.18. The minimum absolute atomic E-state index is 0.167. The molecule has 0 spiro atoms. The zero-order chi connectivity index (χ0) is 36.3. The highest BCUT2D eigenvalue weighted by atomic mass is 16.7. The Labute approximate surface area is 299 Å². The average Bonchev–Trinajstić information content (AvgIpc) is 3.09. The summed E-state index contributed by atoms with van der Waals surface area (Å²) < 4.78 is 16.1. The van der Waals surface area contributed by atoms with E-state index in [0.29, 0.717) is 19.3 Å². The quantitative estimate of drug-likeness (QED) is 0.0207. The summed E-state index contributed by atoms with van der Waals surface area (Å²) in [6, 6.07) is 0. The number of ether oxygens (including phenoxy) is 3. The first-order valence-corrected chi connectivity index (χ1v) is 20.4.